The number of amides is 1. The number of anilines is 1. The maximum atomic E-state index is 12.3. The fourth-order valence-corrected chi connectivity index (χ4v) is 3.46. The average molecular weight is 328 g/mol. The number of piperidine rings is 1. The molecule has 2 heterocycles. The molecule has 1 atom stereocenters. The molecule has 1 amide bonds. The van der Waals surface area contributed by atoms with Crippen molar-refractivity contribution in [1.29, 1.82) is 0 Å². The summed E-state index contributed by atoms with van der Waals surface area (Å²) in [5.41, 5.74) is 2.32. The number of hydrogen-bond donors (Lipinski definition) is 2. The molecule has 24 heavy (non-hydrogen) atoms. The maximum absolute atomic E-state index is 12.3. The normalized spacial score (nSPS) is 27.4. The van der Waals surface area contributed by atoms with Crippen LogP contribution in [0.3, 0.4) is 0 Å². The van der Waals surface area contributed by atoms with Crippen LogP contribution in [0.1, 0.15) is 25.3 Å². The maximum Gasteiger partial charge on any atom is 0.256 e. The highest BCUT2D eigenvalue weighted by atomic mass is 16.5. The van der Waals surface area contributed by atoms with E-state index in [-0.39, 0.29) is 5.91 Å². The zero-order chi connectivity index (χ0) is 17.3. The summed E-state index contributed by atoms with van der Waals surface area (Å²) < 4.78 is 5.31. The van der Waals surface area contributed by atoms with Gasteiger partial charge >= 0.3 is 0 Å². The molecule has 0 aromatic heterocycles. The van der Waals surface area contributed by atoms with Crippen LogP contribution in [-0.4, -0.2) is 48.8 Å². The molecule has 3 rings (SSSR count). The Bertz CT molecular complexity index is 723. The Hall–Kier alpha value is -2.11. The number of likely N-dealkylation sites (tertiary alicyclic amines) is 1. The van der Waals surface area contributed by atoms with Crippen molar-refractivity contribution in [2.45, 2.75) is 25.4 Å². The third-order valence-corrected chi connectivity index (χ3v) is 4.95. The SMILES string of the molecule is CCC1(O)CN(C)CCC1=CC=C1C(=O)Nc2c(OC)cccc21. The van der Waals surface area contributed by atoms with Gasteiger partial charge < -0.3 is 20.1 Å². The Kier molecular flexibility index (Phi) is 4.47. The number of aliphatic hydroxyl groups is 1. The van der Waals surface area contributed by atoms with Crippen molar-refractivity contribution in [2.75, 3.05) is 32.6 Å². The zero-order valence-electron chi connectivity index (χ0n) is 14.4. The van der Waals surface area contributed by atoms with Gasteiger partial charge in [0.25, 0.3) is 5.91 Å². The fourth-order valence-electron chi connectivity index (χ4n) is 3.46. The highest BCUT2D eigenvalue weighted by Gasteiger charge is 2.34. The van der Waals surface area contributed by atoms with Crippen molar-refractivity contribution in [3.63, 3.8) is 0 Å². The van der Waals surface area contributed by atoms with E-state index in [1.807, 2.05) is 44.3 Å². The highest BCUT2D eigenvalue weighted by molar-refractivity contribution is 6.32. The summed E-state index contributed by atoms with van der Waals surface area (Å²) in [7, 11) is 3.61. The first-order valence-electron chi connectivity index (χ1n) is 8.29. The molecular weight excluding hydrogens is 304 g/mol. The smallest absolute Gasteiger partial charge is 0.256 e. The third kappa shape index (κ3) is 2.85. The molecule has 5 nitrogen and oxygen atoms in total. The van der Waals surface area contributed by atoms with Gasteiger partial charge in [-0.25, -0.2) is 0 Å². The lowest BCUT2D eigenvalue weighted by Gasteiger charge is -2.39. The number of benzene rings is 1. The molecule has 1 saturated heterocycles. The van der Waals surface area contributed by atoms with Crippen LogP contribution >= 0.6 is 0 Å². The van der Waals surface area contributed by atoms with Crippen molar-refractivity contribution in [3.8, 4) is 5.75 Å². The van der Waals surface area contributed by atoms with Crippen LogP contribution in [0.2, 0.25) is 0 Å². The predicted molar refractivity (Wildman–Crippen MR) is 95.0 cm³/mol. The monoisotopic (exact) mass is 328 g/mol. The van der Waals surface area contributed by atoms with E-state index in [1.54, 1.807) is 7.11 Å². The fraction of sp³-hybridized carbons (Fsp3) is 0.421. The second-order valence-electron chi connectivity index (χ2n) is 6.48. The van der Waals surface area contributed by atoms with Crippen LogP contribution < -0.4 is 10.1 Å². The summed E-state index contributed by atoms with van der Waals surface area (Å²) in [6, 6.07) is 5.60. The van der Waals surface area contributed by atoms with E-state index >= 15 is 0 Å². The molecule has 0 saturated carbocycles. The first kappa shape index (κ1) is 16.7. The molecule has 1 unspecified atom stereocenters. The van der Waals surface area contributed by atoms with Crippen LogP contribution in [0.25, 0.3) is 5.57 Å². The van der Waals surface area contributed by atoms with E-state index < -0.39 is 5.60 Å². The molecule has 0 bridgehead atoms. The van der Waals surface area contributed by atoms with Gasteiger partial charge in [-0.15, -0.1) is 0 Å². The molecule has 128 valence electrons. The number of ether oxygens (including phenoxy) is 1. The van der Waals surface area contributed by atoms with Crippen molar-refractivity contribution < 1.29 is 14.6 Å². The zero-order valence-corrected chi connectivity index (χ0v) is 14.4. The first-order chi connectivity index (χ1) is 11.5. The Morgan fingerprint density at radius 1 is 1.42 bits per heavy atom. The quantitative estimate of drug-likeness (QED) is 0.837. The molecule has 0 spiro atoms. The molecule has 1 aromatic rings. The van der Waals surface area contributed by atoms with E-state index in [9.17, 15) is 9.90 Å². The van der Waals surface area contributed by atoms with E-state index in [0.717, 1.165) is 24.1 Å². The third-order valence-electron chi connectivity index (χ3n) is 4.95. The van der Waals surface area contributed by atoms with Gasteiger partial charge in [-0.05, 0) is 37.6 Å². The number of allylic oxidation sites excluding steroid dienone is 2. The van der Waals surface area contributed by atoms with Crippen molar-refractivity contribution >= 4 is 17.2 Å². The van der Waals surface area contributed by atoms with Gasteiger partial charge in [0.1, 0.15) is 5.75 Å². The lowest BCUT2D eigenvalue weighted by Crippen LogP contribution is -2.47. The van der Waals surface area contributed by atoms with Gasteiger partial charge in [0.15, 0.2) is 0 Å². The molecular formula is C19H24N2O3. The summed E-state index contributed by atoms with van der Waals surface area (Å²) >= 11 is 0. The van der Waals surface area contributed by atoms with Gasteiger partial charge in [0.05, 0.1) is 18.4 Å². The molecule has 1 fully saturated rings. The molecule has 0 radical (unpaired) electrons. The first-order valence-corrected chi connectivity index (χ1v) is 8.29. The molecule has 2 aliphatic rings. The number of hydrogen-bond acceptors (Lipinski definition) is 4. The standard InChI is InChI=1S/C19H24N2O3/c1-4-19(23)12-21(2)11-10-13(19)8-9-15-14-6-5-7-16(24-3)17(14)20-18(15)22/h5-9,23H,4,10-12H2,1-3H3,(H,20,22). The van der Waals surface area contributed by atoms with Crippen molar-refractivity contribution in [1.82, 2.24) is 4.90 Å². The van der Waals surface area contributed by atoms with Gasteiger partial charge in [0.2, 0.25) is 0 Å². The number of para-hydroxylation sites is 1. The second kappa shape index (κ2) is 6.42. The van der Waals surface area contributed by atoms with Gasteiger partial charge in [-0.2, -0.15) is 0 Å². The topological polar surface area (TPSA) is 61.8 Å². The Labute approximate surface area is 142 Å². The van der Waals surface area contributed by atoms with E-state index in [2.05, 4.69) is 10.2 Å². The van der Waals surface area contributed by atoms with Crippen LogP contribution in [-0.2, 0) is 4.79 Å². The van der Waals surface area contributed by atoms with Crippen molar-refractivity contribution in [2.24, 2.45) is 0 Å². The number of carbonyl (C=O) groups is 1. The van der Waals surface area contributed by atoms with E-state index in [0.29, 0.717) is 30.0 Å². The molecule has 5 heteroatoms. The predicted octanol–water partition coefficient (Wildman–Crippen LogP) is 2.43. The number of methoxy groups -OCH3 is 1. The number of nitrogens with zero attached hydrogens (tertiary/aromatic N) is 1. The Morgan fingerprint density at radius 2 is 2.21 bits per heavy atom. The lowest BCUT2D eigenvalue weighted by molar-refractivity contribution is -0.110. The van der Waals surface area contributed by atoms with Gasteiger partial charge in [-0.1, -0.05) is 25.1 Å². The minimum atomic E-state index is -0.823. The van der Waals surface area contributed by atoms with Crippen LogP contribution in [0, 0.1) is 0 Å². The molecule has 2 aliphatic heterocycles. The number of likely N-dealkylation sites (N-methyl/N-ethyl adjacent to an activating group) is 1. The molecule has 1 aromatic carbocycles. The second-order valence-corrected chi connectivity index (χ2v) is 6.48. The van der Waals surface area contributed by atoms with E-state index in [1.165, 1.54) is 0 Å². The number of fused-ring (bicyclic) bond motifs is 1. The Morgan fingerprint density at radius 3 is 2.92 bits per heavy atom. The molecule has 2 N–H and O–H groups in total. The van der Waals surface area contributed by atoms with Crippen molar-refractivity contribution in [3.05, 3.63) is 41.5 Å². The number of β-amino-alcohol motifs (C(OH)–C–C–N with tert-alkyl or cyclic N) is 1. The van der Waals surface area contributed by atoms with Crippen LogP contribution in [0.4, 0.5) is 5.69 Å². The van der Waals surface area contributed by atoms with E-state index in [4.69, 9.17) is 4.74 Å². The number of nitrogens with one attached hydrogen (secondary N) is 1. The summed E-state index contributed by atoms with van der Waals surface area (Å²) in [5.74, 6) is 0.514. The summed E-state index contributed by atoms with van der Waals surface area (Å²) in [6.45, 7) is 3.52. The summed E-state index contributed by atoms with van der Waals surface area (Å²) in [6.07, 6.45) is 5.20. The number of rotatable bonds is 3. The van der Waals surface area contributed by atoms with Crippen LogP contribution in [0.5, 0.6) is 5.75 Å². The number of carbonyl (C=O) groups excluding carboxylic acids is 1. The van der Waals surface area contributed by atoms with Gasteiger partial charge in [0, 0.05) is 24.2 Å². The summed E-state index contributed by atoms with van der Waals surface area (Å²) in [5, 5.41) is 13.7. The lowest BCUT2D eigenvalue weighted by atomic mass is 9.84. The average Bonchev–Trinajstić information content (AvgIpc) is 2.89. The largest absolute Gasteiger partial charge is 0.495 e. The molecule has 0 aliphatic carbocycles. The Balaban J connectivity index is 1.97. The highest BCUT2D eigenvalue weighted by Crippen LogP contribution is 2.39. The summed E-state index contributed by atoms with van der Waals surface area (Å²) in [4.78, 5) is 14.5. The minimum absolute atomic E-state index is 0.140. The minimum Gasteiger partial charge on any atom is -0.495 e. The van der Waals surface area contributed by atoms with Crippen LogP contribution in [0.15, 0.2) is 35.9 Å². The van der Waals surface area contributed by atoms with Gasteiger partial charge in [-0.3, -0.25) is 4.79 Å².